The van der Waals surface area contributed by atoms with Crippen LogP contribution in [0.2, 0.25) is 0 Å². The number of carbonyl (C=O) groups is 1. The van der Waals surface area contributed by atoms with E-state index in [4.69, 9.17) is 14.2 Å². The van der Waals surface area contributed by atoms with Crippen LogP contribution in [0.5, 0.6) is 17.2 Å². The maximum atomic E-state index is 12.5. The standard InChI is InChI=1S/C30H30N4O4/c1-5-36-26-10-8-7-9-23(26)32-29(35)18-38-27-12-11-21(16-28(27)37-6-2)15-22(17-31)30-33-24-13-19(3)20(4)14-25(24)34-30/h7-16H,5-6,18H2,1-4H3,(H,32,35)(H,33,34)/b22-15+. The number of benzene rings is 3. The Morgan fingerprint density at radius 2 is 1.71 bits per heavy atom. The van der Waals surface area contributed by atoms with Crippen molar-refractivity contribution in [3.05, 3.63) is 77.1 Å². The molecule has 8 nitrogen and oxygen atoms in total. The molecule has 0 radical (unpaired) electrons. The van der Waals surface area contributed by atoms with Crippen molar-refractivity contribution >= 4 is 34.3 Å². The fourth-order valence-electron chi connectivity index (χ4n) is 3.90. The molecular formula is C30H30N4O4. The van der Waals surface area contributed by atoms with E-state index in [1.54, 1.807) is 36.4 Å². The van der Waals surface area contributed by atoms with Gasteiger partial charge in [0.1, 0.15) is 17.6 Å². The normalized spacial score (nSPS) is 11.2. The van der Waals surface area contributed by atoms with Gasteiger partial charge in [-0.2, -0.15) is 5.26 Å². The molecule has 0 aliphatic heterocycles. The number of aromatic amines is 1. The van der Waals surface area contributed by atoms with Gasteiger partial charge in [0.25, 0.3) is 5.91 Å². The zero-order valence-corrected chi connectivity index (χ0v) is 21.9. The summed E-state index contributed by atoms with van der Waals surface area (Å²) < 4.78 is 17.1. The first-order valence-electron chi connectivity index (χ1n) is 12.4. The molecule has 0 saturated carbocycles. The molecule has 2 N–H and O–H groups in total. The third kappa shape index (κ3) is 6.13. The second-order valence-corrected chi connectivity index (χ2v) is 8.61. The van der Waals surface area contributed by atoms with Crippen LogP contribution in [0.3, 0.4) is 0 Å². The van der Waals surface area contributed by atoms with Crippen LogP contribution in [-0.4, -0.2) is 35.7 Å². The van der Waals surface area contributed by atoms with Crippen LogP contribution < -0.4 is 19.5 Å². The van der Waals surface area contributed by atoms with Crippen LogP contribution in [-0.2, 0) is 4.79 Å². The summed E-state index contributed by atoms with van der Waals surface area (Å²) in [5, 5.41) is 12.6. The fourth-order valence-corrected chi connectivity index (χ4v) is 3.90. The van der Waals surface area contributed by atoms with E-state index >= 15 is 0 Å². The summed E-state index contributed by atoms with van der Waals surface area (Å²) in [6, 6.07) is 18.8. The summed E-state index contributed by atoms with van der Waals surface area (Å²) in [7, 11) is 0. The number of allylic oxidation sites excluding steroid dienone is 1. The van der Waals surface area contributed by atoms with Crippen LogP contribution in [0.25, 0.3) is 22.7 Å². The first-order valence-corrected chi connectivity index (χ1v) is 12.4. The highest BCUT2D eigenvalue weighted by Gasteiger charge is 2.13. The second kappa shape index (κ2) is 12.0. The number of rotatable bonds is 10. The molecule has 194 valence electrons. The molecule has 1 heterocycles. The average Bonchev–Trinajstić information content (AvgIpc) is 3.30. The maximum Gasteiger partial charge on any atom is 0.262 e. The lowest BCUT2D eigenvalue weighted by molar-refractivity contribution is -0.118. The van der Waals surface area contributed by atoms with Crippen molar-refractivity contribution in [2.75, 3.05) is 25.1 Å². The van der Waals surface area contributed by atoms with E-state index in [0.29, 0.717) is 47.5 Å². The lowest BCUT2D eigenvalue weighted by atomic mass is 10.1. The van der Waals surface area contributed by atoms with Crippen LogP contribution in [0.1, 0.15) is 36.4 Å². The monoisotopic (exact) mass is 510 g/mol. The van der Waals surface area contributed by atoms with Gasteiger partial charge in [0.05, 0.1) is 35.5 Å². The van der Waals surface area contributed by atoms with Crippen LogP contribution in [0.4, 0.5) is 5.69 Å². The summed E-state index contributed by atoms with van der Waals surface area (Å²) in [6.45, 7) is 8.51. The Labute approximate surface area is 221 Å². The minimum atomic E-state index is -0.328. The molecule has 0 spiro atoms. The minimum absolute atomic E-state index is 0.211. The Morgan fingerprint density at radius 3 is 2.47 bits per heavy atom. The SMILES string of the molecule is CCOc1ccccc1NC(=O)COc1ccc(/C=C(\C#N)c2nc3cc(C)c(C)cc3[nH]2)cc1OCC. The van der Waals surface area contributed by atoms with E-state index in [9.17, 15) is 10.1 Å². The summed E-state index contributed by atoms with van der Waals surface area (Å²) in [5.41, 5.74) is 5.69. The largest absolute Gasteiger partial charge is 0.492 e. The van der Waals surface area contributed by atoms with E-state index < -0.39 is 0 Å². The molecule has 4 rings (SSSR count). The molecule has 0 bridgehead atoms. The van der Waals surface area contributed by atoms with E-state index in [2.05, 4.69) is 21.4 Å². The summed E-state index contributed by atoms with van der Waals surface area (Å²) in [6.07, 6.45) is 1.74. The number of aromatic nitrogens is 2. The van der Waals surface area contributed by atoms with E-state index in [1.807, 2.05) is 52.0 Å². The number of hydrogen-bond acceptors (Lipinski definition) is 6. The molecule has 1 amide bonds. The van der Waals surface area contributed by atoms with E-state index in [-0.39, 0.29) is 12.5 Å². The molecule has 0 aliphatic rings. The first kappa shape index (κ1) is 26.3. The predicted octanol–water partition coefficient (Wildman–Crippen LogP) is 6.06. The summed E-state index contributed by atoms with van der Waals surface area (Å²) in [4.78, 5) is 20.4. The quantitative estimate of drug-likeness (QED) is 0.251. The first-order chi connectivity index (χ1) is 18.4. The number of aryl methyl sites for hydroxylation is 2. The number of nitrogens with zero attached hydrogens (tertiary/aromatic N) is 2. The Bertz CT molecular complexity index is 1490. The highest BCUT2D eigenvalue weighted by molar-refractivity contribution is 5.93. The van der Waals surface area contributed by atoms with Gasteiger partial charge in [-0.25, -0.2) is 4.98 Å². The fraction of sp³-hybridized carbons (Fsp3) is 0.233. The van der Waals surface area contributed by atoms with Crippen LogP contribution in [0.15, 0.2) is 54.6 Å². The van der Waals surface area contributed by atoms with Gasteiger partial charge in [-0.15, -0.1) is 0 Å². The lowest BCUT2D eigenvalue weighted by Gasteiger charge is -2.14. The molecule has 0 unspecified atom stereocenters. The topological polar surface area (TPSA) is 109 Å². The second-order valence-electron chi connectivity index (χ2n) is 8.61. The van der Waals surface area contributed by atoms with E-state index in [0.717, 1.165) is 27.7 Å². The number of H-pyrrole nitrogens is 1. The Hall–Kier alpha value is -4.77. The zero-order chi connectivity index (χ0) is 27.1. The molecule has 1 aromatic heterocycles. The number of ether oxygens (including phenoxy) is 3. The highest BCUT2D eigenvalue weighted by atomic mass is 16.5. The molecule has 38 heavy (non-hydrogen) atoms. The van der Waals surface area contributed by atoms with Gasteiger partial charge >= 0.3 is 0 Å². The number of nitrogens with one attached hydrogen (secondary N) is 2. The van der Waals surface area contributed by atoms with Gasteiger partial charge in [-0.05, 0) is 86.9 Å². The molecule has 8 heteroatoms. The smallest absolute Gasteiger partial charge is 0.262 e. The predicted molar refractivity (Wildman–Crippen MR) is 148 cm³/mol. The highest BCUT2D eigenvalue weighted by Crippen LogP contribution is 2.31. The zero-order valence-electron chi connectivity index (χ0n) is 21.9. The Morgan fingerprint density at radius 1 is 0.974 bits per heavy atom. The van der Waals surface area contributed by atoms with Gasteiger partial charge in [-0.3, -0.25) is 4.79 Å². The Balaban J connectivity index is 1.51. The van der Waals surface area contributed by atoms with E-state index in [1.165, 1.54) is 0 Å². The number of amides is 1. The van der Waals surface area contributed by atoms with Crippen molar-refractivity contribution in [1.29, 1.82) is 5.26 Å². The molecule has 0 aliphatic carbocycles. The van der Waals surface area contributed by atoms with Crippen molar-refractivity contribution in [3.63, 3.8) is 0 Å². The van der Waals surface area contributed by atoms with Crippen molar-refractivity contribution in [2.24, 2.45) is 0 Å². The molecule has 0 fully saturated rings. The third-order valence-electron chi connectivity index (χ3n) is 5.87. The van der Waals surface area contributed by atoms with Crippen molar-refractivity contribution in [3.8, 4) is 23.3 Å². The van der Waals surface area contributed by atoms with Crippen LogP contribution in [0, 0.1) is 25.2 Å². The number of imidazole rings is 1. The van der Waals surface area contributed by atoms with Gasteiger partial charge in [-0.1, -0.05) is 18.2 Å². The third-order valence-corrected chi connectivity index (χ3v) is 5.87. The number of hydrogen-bond donors (Lipinski definition) is 2. The average molecular weight is 511 g/mol. The molecule has 0 atom stereocenters. The number of anilines is 1. The van der Waals surface area contributed by atoms with Crippen molar-refractivity contribution in [1.82, 2.24) is 9.97 Å². The van der Waals surface area contributed by atoms with Gasteiger partial charge in [0, 0.05) is 0 Å². The summed E-state index contributed by atoms with van der Waals surface area (Å²) in [5.74, 6) is 1.65. The van der Waals surface area contributed by atoms with Gasteiger partial charge in [0.2, 0.25) is 0 Å². The molecule has 0 saturated heterocycles. The summed E-state index contributed by atoms with van der Waals surface area (Å²) >= 11 is 0. The molecule has 3 aromatic carbocycles. The number of carbonyl (C=O) groups excluding carboxylic acids is 1. The van der Waals surface area contributed by atoms with Gasteiger partial charge < -0.3 is 24.5 Å². The van der Waals surface area contributed by atoms with Crippen LogP contribution >= 0.6 is 0 Å². The maximum absolute atomic E-state index is 12.5. The Kier molecular flexibility index (Phi) is 8.29. The van der Waals surface area contributed by atoms with Crippen molar-refractivity contribution in [2.45, 2.75) is 27.7 Å². The number of para-hydroxylation sites is 2. The lowest BCUT2D eigenvalue weighted by Crippen LogP contribution is -2.20. The number of fused-ring (bicyclic) bond motifs is 1. The minimum Gasteiger partial charge on any atom is -0.492 e. The molecular weight excluding hydrogens is 480 g/mol. The molecule has 4 aromatic rings. The van der Waals surface area contributed by atoms with Crippen molar-refractivity contribution < 1.29 is 19.0 Å². The van der Waals surface area contributed by atoms with Gasteiger partial charge in [0.15, 0.2) is 18.1 Å². The number of nitriles is 1.